The minimum absolute atomic E-state index is 0.101. The fraction of sp³-hybridized carbons (Fsp3) is 0.435. The SMILES string of the molecule is CC(C)NCCCn1c(Sc2cc(Cl)cc(/C=C/C(C)(C)C)c2)nc2c(N)ncnc21. The lowest BCUT2D eigenvalue weighted by Crippen LogP contribution is -2.24. The van der Waals surface area contributed by atoms with E-state index < -0.39 is 0 Å². The zero-order valence-corrected chi connectivity index (χ0v) is 20.4. The van der Waals surface area contributed by atoms with Crippen LogP contribution in [0.4, 0.5) is 5.82 Å². The minimum Gasteiger partial charge on any atom is -0.382 e. The van der Waals surface area contributed by atoms with Gasteiger partial charge >= 0.3 is 0 Å². The molecule has 31 heavy (non-hydrogen) atoms. The summed E-state index contributed by atoms with van der Waals surface area (Å²) in [6, 6.07) is 6.51. The number of nitrogens with two attached hydrogens (primary N) is 1. The largest absolute Gasteiger partial charge is 0.382 e. The van der Waals surface area contributed by atoms with Gasteiger partial charge in [-0.3, -0.25) is 0 Å². The zero-order chi connectivity index (χ0) is 22.6. The number of fused-ring (bicyclic) bond motifs is 1. The second-order valence-electron chi connectivity index (χ2n) is 8.96. The van der Waals surface area contributed by atoms with Crippen LogP contribution in [0.2, 0.25) is 5.02 Å². The van der Waals surface area contributed by atoms with Crippen LogP contribution in [0, 0.1) is 5.41 Å². The Labute approximate surface area is 193 Å². The molecule has 2 aromatic heterocycles. The number of anilines is 1. The summed E-state index contributed by atoms with van der Waals surface area (Å²) in [7, 11) is 0. The number of nitrogen functional groups attached to an aromatic ring is 1. The van der Waals surface area contributed by atoms with Gasteiger partial charge in [-0.15, -0.1) is 0 Å². The molecule has 0 aliphatic heterocycles. The summed E-state index contributed by atoms with van der Waals surface area (Å²) in [6.07, 6.45) is 6.74. The van der Waals surface area contributed by atoms with Crippen LogP contribution in [0.25, 0.3) is 17.2 Å². The second-order valence-corrected chi connectivity index (χ2v) is 10.4. The Morgan fingerprint density at radius 2 is 2.00 bits per heavy atom. The minimum atomic E-state index is 0.101. The van der Waals surface area contributed by atoms with Crippen LogP contribution < -0.4 is 11.1 Å². The lowest BCUT2D eigenvalue weighted by atomic mass is 9.95. The molecule has 0 amide bonds. The summed E-state index contributed by atoms with van der Waals surface area (Å²) in [5.41, 5.74) is 8.63. The van der Waals surface area contributed by atoms with Crippen molar-refractivity contribution in [2.75, 3.05) is 12.3 Å². The number of aromatic nitrogens is 4. The van der Waals surface area contributed by atoms with Crippen LogP contribution in [0.1, 0.15) is 46.6 Å². The molecule has 3 N–H and O–H groups in total. The maximum atomic E-state index is 6.42. The number of imidazole rings is 1. The Balaban J connectivity index is 1.91. The number of hydrogen-bond acceptors (Lipinski definition) is 6. The molecule has 3 aromatic rings. The van der Waals surface area contributed by atoms with Crippen LogP contribution in [-0.2, 0) is 6.54 Å². The molecule has 0 radical (unpaired) electrons. The summed E-state index contributed by atoms with van der Waals surface area (Å²) in [6.45, 7) is 12.5. The number of halogens is 1. The molecular weight excluding hydrogens is 428 g/mol. The van der Waals surface area contributed by atoms with Gasteiger partial charge in [-0.05, 0) is 42.1 Å². The number of rotatable bonds is 8. The van der Waals surface area contributed by atoms with E-state index in [9.17, 15) is 0 Å². The van der Waals surface area contributed by atoms with Gasteiger partial charge in [0.2, 0.25) is 0 Å². The molecule has 1 aromatic carbocycles. The summed E-state index contributed by atoms with van der Waals surface area (Å²) in [5, 5.41) is 4.98. The number of allylic oxidation sites excluding steroid dienone is 1. The van der Waals surface area contributed by atoms with Gasteiger partial charge in [0.15, 0.2) is 22.1 Å². The average Bonchev–Trinajstić information content (AvgIpc) is 3.01. The molecule has 0 atom stereocenters. The van der Waals surface area contributed by atoms with Crippen molar-refractivity contribution < 1.29 is 0 Å². The summed E-state index contributed by atoms with van der Waals surface area (Å²) in [5.74, 6) is 0.394. The van der Waals surface area contributed by atoms with Gasteiger partial charge in [-0.2, -0.15) is 0 Å². The lowest BCUT2D eigenvalue weighted by Gasteiger charge is -2.12. The highest BCUT2D eigenvalue weighted by Crippen LogP contribution is 2.33. The van der Waals surface area contributed by atoms with E-state index in [1.54, 1.807) is 11.8 Å². The maximum absolute atomic E-state index is 6.42. The number of nitrogens with zero attached hydrogens (tertiary/aromatic N) is 4. The van der Waals surface area contributed by atoms with Crippen molar-refractivity contribution in [3.8, 4) is 0 Å². The van der Waals surface area contributed by atoms with Crippen molar-refractivity contribution in [3.63, 3.8) is 0 Å². The van der Waals surface area contributed by atoms with Gasteiger partial charge in [-0.25, -0.2) is 15.0 Å². The first-order valence-corrected chi connectivity index (χ1v) is 11.7. The van der Waals surface area contributed by atoms with E-state index in [0.717, 1.165) is 40.8 Å². The number of benzene rings is 1. The standard InChI is InChI=1S/C23H31ClN6S/c1-15(2)26-9-6-10-30-21-19(20(25)27-14-28-21)29-22(30)31-18-12-16(11-17(24)13-18)7-8-23(3,4)5/h7-8,11-15,26H,6,9-10H2,1-5H3,(H2,25,27,28)/b8-7+. The average molecular weight is 459 g/mol. The highest BCUT2D eigenvalue weighted by Gasteiger charge is 2.16. The third kappa shape index (κ3) is 6.69. The number of aryl methyl sites for hydroxylation is 1. The molecule has 0 aliphatic rings. The van der Waals surface area contributed by atoms with Crippen molar-refractivity contribution >= 4 is 46.4 Å². The van der Waals surface area contributed by atoms with Crippen LogP contribution >= 0.6 is 23.4 Å². The maximum Gasteiger partial charge on any atom is 0.175 e. The summed E-state index contributed by atoms with van der Waals surface area (Å²) in [4.78, 5) is 14.3. The Morgan fingerprint density at radius 1 is 1.23 bits per heavy atom. The van der Waals surface area contributed by atoms with E-state index >= 15 is 0 Å². The molecular formula is C23H31ClN6S. The molecule has 0 fully saturated rings. The van der Waals surface area contributed by atoms with E-state index in [1.807, 2.05) is 12.1 Å². The third-order valence-electron chi connectivity index (χ3n) is 4.51. The first kappa shape index (κ1) is 23.6. The zero-order valence-electron chi connectivity index (χ0n) is 18.8. The molecule has 8 heteroatoms. The summed E-state index contributed by atoms with van der Waals surface area (Å²) < 4.78 is 2.12. The Morgan fingerprint density at radius 3 is 2.71 bits per heavy atom. The molecule has 166 valence electrons. The first-order chi connectivity index (χ1) is 14.6. The molecule has 0 unspecified atom stereocenters. The van der Waals surface area contributed by atoms with Crippen molar-refractivity contribution in [3.05, 3.63) is 41.2 Å². The van der Waals surface area contributed by atoms with E-state index in [2.05, 4.69) is 72.7 Å². The lowest BCUT2D eigenvalue weighted by molar-refractivity contribution is 0.525. The van der Waals surface area contributed by atoms with Crippen molar-refractivity contribution in [1.82, 2.24) is 24.8 Å². The predicted molar refractivity (Wildman–Crippen MR) is 132 cm³/mol. The molecule has 2 heterocycles. The van der Waals surface area contributed by atoms with Crippen molar-refractivity contribution in [2.45, 2.75) is 63.7 Å². The Hall–Kier alpha value is -2.09. The van der Waals surface area contributed by atoms with E-state index in [1.165, 1.54) is 6.33 Å². The molecule has 3 rings (SSSR count). The molecule has 6 nitrogen and oxygen atoms in total. The molecule has 0 spiro atoms. The Kier molecular flexibility index (Phi) is 7.62. The number of nitrogens with one attached hydrogen (secondary N) is 1. The van der Waals surface area contributed by atoms with E-state index in [-0.39, 0.29) is 5.41 Å². The second kappa shape index (κ2) is 10.0. The quantitative estimate of drug-likeness (QED) is 0.424. The third-order valence-corrected chi connectivity index (χ3v) is 5.70. The van der Waals surface area contributed by atoms with Crippen LogP contribution in [0.15, 0.2) is 40.7 Å². The molecule has 0 aliphatic carbocycles. The highest BCUT2D eigenvalue weighted by molar-refractivity contribution is 7.99. The predicted octanol–water partition coefficient (Wildman–Crippen LogP) is 5.66. The van der Waals surface area contributed by atoms with E-state index in [0.29, 0.717) is 22.4 Å². The van der Waals surface area contributed by atoms with Gasteiger partial charge in [0.1, 0.15) is 6.33 Å². The van der Waals surface area contributed by atoms with Gasteiger partial charge in [0.25, 0.3) is 0 Å². The molecule has 0 bridgehead atoms. The fourth-order valence-electron chi connectivity index (χ4n) is 3.03. The van der Waals surface area contributed by atoms with Gasteiger partial charge in [0.05, 0.1) is 0 Å². The summed E-state index contributed by atoms with van der Waals surface area (Å²) >= 11 is 7.98. The smallest absolute Gasteiger partial charge is 0.175 e. The number of hydrogen-bond donors (Lipinski definition) is 2. The van der Waals surface area contributed by atoms with E-state index in [4.69, 9.17) is 22.3 Å². The normalized spacial score (nSPS) is 12.5. The van der Waals surface area contributed by atoms with Gasteiger partial charge < -0.3 is 15.6 Å². The van der Waals surface area contributed by atoms with Gasteiger partial charge in [0, 0.05) is 22.5 Å². The topological polar surface area (TPSA) is 81.7 Å². The van der Waals surface area contributed by atoms with Gasteiger partial charge in [-0.1, -0.05) is 70.1 Å². The molecule has 0 saturated heterocycles. The Bertz CT molecular complexity index is 1070. The van der Waals surface area contributed by atoms with Crippen LogP contribution in [0.5, 0.6) is 0 Å². The monoisotopic (exact) mass is 458 g/mol. The van der Waals surface area contributed by atoms with Crippen LogP contribution in [-0.4, -0.2) is 32.1 Å². The first-order valence-electron chi connectivity index (χ1n) is 10.5. The van der Waals surface area contributed by atoms with Crippen LogP contribution in [0.3, 0.4) is 0 Å². The van der Waals surface area contributed by atoms with Crippen molar-refractivity contribution in [2.24, 2.45) is 5.41 Å². The highest BCUT2D eigenvalue weighted by atomic mass is 35.5. The fourth-order valence-corrected chi connectivity index (χ4v) is 4.36. The molecule has 0 saturated carbocycles. The van der Waals surface area contributed by atoms with Crippen molar-refractivity contribution in [1.29, 1.82) is 0 Å².